The fraction of sp³-hybridized carbons (Fsp3) is 0.227. The molecule has 0 amide bonds. The van der Waals surface area contributed by atoms with E-state index in [0.29, 0.717) is 29.2 Å². The SMILES string of the molecule is CC1=Nc2nc(Oc3ccc(C(F)(F)F)cc3)c(Cc3ccc(C(F)(F)F)cc3)nc2C1. The highest BCUT2D eigenvalue weighted by molar-refractivity contribution is 5.90. The summed E-state index contributed by atoms with van der Waals surface area (Å²) in [6, 6.07) is 8.70. The number of benzene rings is 2. The molecular weight excluding hydrogens is 436 g/mol. The second kappa shape index (κ2) is 7.92. The van der Waals surface area contributed by atoms with Crippen molar-refractivity contribution in [1.82, 2.24) is 9.97 Å². The number of hydrogen-bond acceptors (Lipinski definition) is 4. The lowest BCUT2D eigenvalue weighted by Crippen LogP contribution is -2.06. The van der Waals surface area contributed by atoms with E-state index >= 15 is 0 Å². The Morgan fingerprint density at radius 2 is 1.38 bits per heavy atom. The average molecular weight is 451 g/mol. The van der Waals surface area contributed by atoms with Gasteiger partial charge in [0, 0.05) is 18.6 Å². The van der Waals surface area contributed by atoms with Crippen LogP contribution in [0.15, 0.2) is 53.5 Å². The first-order valence-corrected chi connectivity index (χ1v) is 9.44. The summed E-state index contributed by atoms with van der Waals surface area (Å²) < 4.78 is 82.5. The highest BCUT2D eigenvalue weighted by atomic mass is 19.4. The zero-order valence-corrected chi connectivity index (χ0v) is 16.6. The summed E-state index contributed by atoms with van der Waals surface area (Å²) in [5, 5.41) is 0. The van der Waals surface area contributed by atoms with Crippen LogP contribution in [0.25, 0.3) is 0 Å². The van der Waals surface area contributed by atoms with E-state index in [0.717, 1.165) is 42.1 Å². The van der Waals surface area contributed by atoms with Gasteiger partial charge in [-0.2, -0.15) is 31.3 Å². The second-order valence-electron chi connectivity index (χ2n) is 7.27. The lowest BCUT2D eigenvalue weighted by atomic mass is 10.1. The molecule has 166 valence electrons. The van der Waals surface area contributed by atoms with Crippen LogP contribution < -0.4 is 4.74 Å². The Kier molecular flexibility index (Phi) is 5.39. The summed E-state index contributed by atoms with van der Waals surface area (Å²) in [6.07, 6.45) is -8.33. The van der Waals surface area contributed by atoms with Crippen molar-refractivity contribution >= 4 is 11.5 Å². The number of rotatable bonds is 4. The molecular formula is C22H15F6N3O. The third kappa shape index (κ3) is 4.74. The lowest BCUT2D eigenvalue weighted by molar-refractivity contribution is -0.138. The van der Waals surface area contributed by atoms with Crippen LogP contribution in [-0.4, -0.2) is 15.7 Å². The highest BCUT2D eigenvalue weighted by Crippen LogP contribution is 2.34. The molecule has 0 aliphatic carbocycles. The molecule has 0 saturated heterocycles. The van der Waals surface area contributed by atoms with E-state index in [-0.39, 0.29) is 18.1 Å². The van der Waals surface area contributed by atoms with E-state index < -0.39 is 23.5 Å². The molecule has 0 saturated carbocycles. The standard InChI is InChI=1S/C22H15F6N3O/c1-12-10-17-19(29-12)31-20(32-16-8-6-15(7-9-16)22(26,27)28)18(30-17)11-13-2-4-14(5-3-13)21(23,24)25/h2-9H,10-11H2,1H3. The zero-order valence-electron chi connectivity index (χ0n) is 16.6. The molecule has 10 heteroatoms. The maximum atomic E-state index is 12.8. The van der Waals surface area contributed by atoms with Crippen molar-refractivity contribution in [3.8, 4) is 11.6 Å². The molecule has 3 aromatic rings. The highest BCUT2D eigenvalue weighted by Gasteiger charge is 2.31. The molecule has 0 radical (unpaired) electrons. The van der Waals surface area contributed by atoms with Crippen molar-refractivity contribution in [2.24, 2.45) is 4.99 Å². The van der Waals surface area contributed by atoms with Gasteiger partial charge in [-0.15, -0.1) is 0 Å². The van der Waals surface area contributed by atoms with Gasteiger partial charge in [0.2, 0.25) is 5.88 Å². The predicted molar refractivity (Wildman–Crippen MR) is 104 cm³/mol. The van der Waals surface area contributed by atoms with Crippen LogP contribution in [0.4, 0.5) is 32.2 Å². The maximum absolute atomic E-state index is 12.8. The van der Waals surface area contributed by atoms with Crippen molar-refractivity contribution in [1.29, 1.82) is 0 Å². The molecule has 0 spiro atoms. The van der Waals surface area contributed by atoms with Crippen LogP contribution in [0, 0.1) is 0 Å². The first-order chi connectivity index (χ1) is 15.0. The Bertz CT molecular complexity index is 1170. The fourth-order valence-electron chi connectivity index (χ4n) is 3.18. The van der Waals surface area contributed by atoms with Crippen molar-refractivity contribution in [2.75, 3.05) is 0 Å². The Morgan fingerprint density at radius 3 is 1.94 bits per heavy atom. The number of ether oxygens (including phenoxy) is 1. The van der Waals surface area contributed by atoms with Crippen molar-refractivity contribution in [2.45, 2.75) is 32.1 Å². The smallest absolute Gasteiger partial charge is 0.416 e. The first-order valence-electron chi connectivity index (χ1n) is 9.44. The maximum Gasteiger partial charge on any atom is 0.416 e. The summed E-state index contributed by atoms with van der Waals surface area (Å²) in [4.78, 5) is 13.1. The number of nitrogens with zero attached hydrogens (tertiary/aromatic N) is 3. The van der Waals surface area contributed by atoms with Gasteiger partial charge in [-0.25, -0.2) is 9.98 Å². The minimum Gasteiger partial charge on any atom is -0.437 e. The van der Waals surface area contributed by atoms with E-state index in [1.807, 2.05) is 0 Å². The molecule has 0 N–H and O–H groups in total. The molecule has 0 bridgehead atoms. The Balaban J connectivity index is 1.65. The van der Waals surface area contributed by atoms with Gasteiger partial charge < -0.3 is 4.74 Å². The molecule has 0 unspecified atom stereocenters. The van der Waals surface area contributed by atoms with Gasteiger partial charge in [0.05, 0.1) is 16.8 Å². The number of hydrogen-bond donors (Lipinski definition) is 0. The third-order valence-electron chi connectivity index (χ3n) is 4.75. The predicted octanol–water partition coefficient (Wildman–Crippen LogP) is 6.55. The molecule has 2 aromatic carbocycles. The van der Waals surface area contributed by atoms with Gasteiger partial charge in [0.15, 0.2) is 5.82 Å². The van der Waals surface area contributed by atoms with Gasteiger partial charge in [-0.05, 0) is 48.9 Å². The fourth-order valence-corrected chi connectivity index (χ4v) is 3.18. The second-order valence-corrected chi connectivity index (χ2v) is 7.27. The third-order valence-corrected chi connectivity index (χ3v) is 4.75. The van der Waals surface area contributed by atoms with Crippen LogP contribution in [0.3, 0.4) is 0 Å². The number of halogens is 6. The summed E-state index contributed by atoms with van der Waals surface area (Å²) in [5.41, 5.74) is 0.673. The van der Waals surface area contributed by atoms with Crippen LogP contribution in [0.2, 0.25) is 0 Å². The largest absolute Gasteiger partial charge is 0.437 e. The summed E-state index contributed by atoms with van der Waals surface area (Å²) >= 11 is 0. The summed E-state index contributed by atoms with van der Waals surface area (Å²) in [5.74, 6) is 0.488. The first kappa shape index (κ1) is 21.8. The molecule has 1 aromatic heterocycles. The van der Waals surface area contributed by atoms with Crippen molar-refractivity contribution in [3.05, 3.63) is 76.6 Å². The normalized spacial score (nSPS) is 13.7. The number of fused-ring (bicyclic) bond motifs is 1. The molecule has 1 aliphatic rings. The molecule has 4 nitrogen and oxygen atoms in total. The molecule has 0 fully saturated rings. The molecule has 32 heavy (non-hydrogen) atoms. The van der Waals surface area contributed by atoms with Crippen LogP contribution in [0.1, 0.15) is 35.0 Å². The molecule has 1 aliphatic heterocycles. The quantitative estimate of drug-likeness (QED) is 0.423. The number of alkyl halides is 6. The van der Waals surface area contributed by atoms with E-state index in [9.17, 15) is 26.3 Å². The lowest BCUT2D eigenvalue weighted by Gasteiger charge is -2.13. The van der Waals surface area contributed by atoms with Crippen LogP contribution >= 0.6 is 0 Å². The van der Waals surface area contributed by atoms with E-state index in [1.54, 1.807) is 6.92 Å². The average Bonchev–Trinajstić information content (AvgIpc) is 3.06. The van der Waals surface area contributed by atoms with E-state index in [1.165, 1.54) is 12.1 Å². The van der Waals surface area contributed by atoms with Gasteiger partial charge in [-0.3, -0.25) is 0 Å². The van der Waals surface area contributed by atoms with E-state index in [2.05, 4.69) is 15.0 Å². The van der Waals surface area contributed by atoms with Gasteiger partial charge in [0.25, 0.3) is 0 Å². The number of aromatic nitrogens is 2. The Labute approximate surface area is 178 Å². The molecule has 0 atom stereocenters. The topological polar surface area (TPSA) is 47.4 Å². The van der Waals surface area contributed by atoms with Gasteiger partial charge >= 0.3 is 12.4 Å². The Morgan fingerprint density at radius 1 is 0.812 bits per heavy atom. The van der Waals surface area contributed by atoms with Crippen molar-refractivity contribution in [3.63, 3.8) is 0 Å². The molecule has 4 rings (SSSR count). The number of aliphatic imine (C=N–C) groups is 1. The van der Waals surface area contributed by atoms with Gasteiger partial charge in [0.1, 0.15) is 11.4 Å². The zero-order chi connectivity index (χ0) is 23.1. The summed E-state index contributed by atoms with van der Waals surface area (Å²) in [6.45, 7) is 1.80. The van der Waals surface area contributed by atoms with Crippen LogP contribution in [-0.2, 0) is 25.2 Å². The summed E-state index contributed by atoms with van der Waals surface area (Å²) in [7, 11) is 0. The minimum atomic E-state index is -4.48. The van der Waals surface area contributed by atoms with Gasteiger partial charge in [-0.1, -0.05) is 12.1 Å². The minimum absolute atomic E-state index is 0.0295. The molecule has 2 heterocycles. The van der Waals surface area contributed by atoms with Crippen LogP contribution in [0.5, 0.6) is 11.6 Å². The van der Waals surface area contributed by atoms with Crippen molar-refractivity contribution < 1.29 is 31.1 Å². The van der Waals surface area contributed by atoms with E-state index in [4.69, 9.17) is 4.74 Å². The Hall–Kier alpha value is -3.43. The monoisotopic (exact) mass is 451 g/mol.